The Morgan fingerprint density at radius 1 is 1.38 bits per heavy atom. The monoisotopic (exact) mass is 260 g/mol. The number of hydrogen-bond acceptors (Lipinski definition) is 1. The van der Waals surface area contributed by atoms with Gasteiger partial charge in [-0.05, 0) is 32.1 Å². The fraction of sp³-hybridized carbons (Fsp3) is 0.750. The van der Waals surface area contributed by atoms with Crippen LogP contribution in [0.3, 0.4) is 0 Å². The fourth-order valence-corrected chi connectivity index (χ4v) is 3.15. The van der Waals surface area contributed by atoms with Gasteiger partial charge in [0.05, 0.1) is 16.4 Å². The average Bonchev–Trinajstić information content (AvgIpc) is 2.48. The summed E-state index contributed by atoms with van der Waals surface area (Å²) in [5.41, 5.74) is 2.05. The number of halogens is 2. The van der Waals surface area contributed by atoms with E-state index in [0.717, 1.165) is 29.3 Å². The van der Waals surface area contributed by atoms with Crippen molar-refractivity contribution >= 4 is 23.2 Å². The lowest BCUT2D eigenvalue weighted by molar-refractivity contribution is 0.357. The van der Waals surface area contributed by atoms with E-state index in [1.54, 1.807) is 0 Å². The molecule has 1 heterocycles. The standard InChI is InChI=1S/C12H18Cl2N2/c1-8-12(14)11(16(2)15-8)7-9-5-3-4-6-10(9)13/h9-10H,3-7H2,1-2H3. The SMILES string of the molecule is Cc1nn(C)c(CC2CCCCC2Cl)c1Cl. The number of alkyl halides is 1. The number of aromatic nitrogens is 2. The lowest BCUT2D eigenvalue weighted by Crippen LogP contribution is -2.22. The first-order valence-electron chi connectivity index (χ1n) is 5.91. The van der Waals surface area contributed by atoms with Gasteiger partial charge in [-0.2, -0.15) is 5.10 Å². The van der Waals surface area contributed by atoms with Crippen LogP contribution in [0.25, 0.3) is 0 Å². The molecule has 1 aromatic heterocycles. The Morgan fingerprint density at radius 2 is 2.06 bits per heavy atom. The lowest BCUT2D eigenvalue weighted by Gasteiger charge is -2.27. The topological polar surface area (TPSA) is 17.8 Å². The third-order valence-corrected chi connectivity index (χ3v) is 4.60. The first-order chi connectivity index (χ1) is 7.59. The molecular weight excluding hydrogens is 243 g/mol. The van der Waals surface area contributed by atoms with E-state index in [0.29, 0.717) is 11.3 Å². The molecule has 1 fully saturated rings. The van der Waals surface area contributed by atoms with Crippen LogP contribution in [-0.2, 0) is 13.5 Å². The molecule has 0 spiro atoms. The van der Waals surface area contributed by atoms with E-state index in [9.17, 15) is 0 Å². The molecule has 2 unspecified atom stereocenters. The highest BCUT2D eigenvalue weighted by Crippen LogP contribution is 2.33. The summed E-state index contributed by atoms with van der Waals surface area (Å²) in [4.78, 5) is 0. The van der Waals surface area contributed by atoms with Crippen molar-refractivity contribution in [2.75, 3.05) is 0 Å². The Bertz CT molecular complexity index is 373. The fourth-order valence-electron chi connectivity index (χ4n) is 2.54. The average molecular weight is 261 g/mol. The van der Waals surface area contributed by atoms with E-state index in [1.165, 1.54) is 19.3 Å². The summed E-state index contributed by atoms with van der Waals surface area (Å²) >= 11 is 12.6. The highest BCUT2D eigenvalue weighted by molar-refractivity contribution is 6.31. The summed E-state index contributed by atoms with van der Waals surface area (Å²) in [6, 6.07) is 0. The van der Waals surface area contributed by atoms with E-state index < -0.39 is 0 Å². The molecule has 0 aromatic carbocycles. The highest BCUT2D eigenvalue weighted by atomic mass is 35.5. The van der Waals surface area contributed by atoms with Crippen LogP contribution in [0.1, 0.15) is 37.1 Å². The summed E-state index contributed by atoms with van der Waals surface area (Å²) in [7, 11) is 1.96. The van der Waals surface area contributed by atoms with Gasteiger partial charge in [0.1, 0.15) is 0 Å². The molecule has 90 valence electrons. The van der Waals surface area contributed by atoms with Crippen LogP contribution in [0.2, 0.25) is 5.02 Å². The minimum absolute atomic E-state index is 0.306. The number of rotatable bonds is 2. The number of aryl methyl sites for hydroxylation is 2. The Balaban J connectivity index is 2.13. The molecule has 4 heteroatoms. The van der Waals surface area contributed by atoms with Crippen molar-refractivity contribution in [3.63, 3.8) is 0 Å². The van der Waals surface area contributed by atoms with Crippen molar-refractivity contribution in [2.45, 2.75) is 44.4 Å². The predicted molar refractivity (Wildman–Crippen MR) is 68.3 cm³/mol. The van der Waals surface area contributed by atoms with Crippen molar-refractivity contribution in [2.24, 2.45) is 13.0 Å². The van der Waals surface area contributed by atoms with Crippen LogP contribution < -0.4 is 0 Å². The van der Waals surface area contributed by atoms with Gasteiger partial charge in [-0.15, -0.1) is 11.6 Å². The molecular formula is C12H18Cl2N2. The normalized spacial score (nSPS) is 26.0. The van der Waals surface area contributed by atoms with Crippen molar-refractivity contribution in [3.8, 4) is 0 Å². The Morgan fingerprint density at radius 3 is 2.62 bits per heavy atom. The van der Waals surface area contributed by atoms with Gasteiger partial charge in [-0.3, -0.25) is 4.68 Å². The van der Waals surface area contributed by atoms with Crippen molar-refractivity contribution < 1.29 is 0 Å². The maximum Gasteiger partial charge on any atom is 0.0847 e. The van der Waals surface area contributed by atoms with Crippen LogP contribution in [0.4, 0.5) is 0 Å². The Labute approximate surface area is 107 Å². The summed E-state index contributed by atoms with van der Waals surface area (Å²) in [6.45, 7) is 1.95. The molecule has 0 amide bonds. The smallest absolute Gasteiger partial charge is 0.0847 e. The molecule has 0 N–H and O–H groups in total. The molecule has 16 heavy (non-hydrogen) atoms. The van der Waals surface area contributed by atoms with Crippen molar-refractivity contribution in [1.82, 2.24) is 9.78 Å². The van der Waals surface area contributed by atoms with Crippen LogP contribution in [-0.4, -0.2) is 15.2 Å². The van der Waals surface area contributed by atoms with Crippen LogP contribution in [0, 0.1) is 12.8 Å². The zero-order chi connectivity index (χ0) is 11.7. The second-order valence-corrected chi connectivity index (χ2v) is 5.67. The van der Waals surface area contributed by atoms with Crippen LogP contribution >= 0.6 is 23.2 Å². The van der Waals surface area contributed by atoms with Gasteiger partial charge in [-0.1, -0.05) is 24.4 Å². The Hall–Kier alpha value is -0.210. The molecule has 2 nitrogen and oxygen atoms in total. The number of hydrogen-bond donors (Lipinski definition) is 0. The molecule has 1 saturated carbocycles. The Kier molecular flexibility index (Phi) is 3.81. The second-order valence-electron chi connectivity index (χ2n) is 4.73. The first kappa shape index (κ1) is 12.3. The van der Waals surface area contributed by atoms with Gasteiger partial charge in [0, 0.05) is 12.4 Å². The van der Waals surface area contributed by atoms with E-state index in [1.807, 2.05) is 18.7 Å². The predicted octanol–water partition coefficient (Wildman–Crippen LogP) is 3.72. The highest BCUT2D eigenvalue weighted by Gasteiger charge is 2.25. The van der Waals surface area contributed by atoms with Crippen LogP contribution in [0.5, 0.6) is 0 Å². The van der Waals surface area contributed by atoms with E-state index >= 15 is 0 Å². The molecule has 0 saturated heterocycles. The van der Waals surface area contributed by atoms with Gasteiger partial charge in [-0.25, -0.2) is 0 Å². The lowest BCUT2D eigenvalue weighted by atomic mass is 9.85. The van der Waals surface area contributed by atoms with E-state index in [4.69, 9.17) is 23.2 Å². The van der Waals surface area contributed by atoms with Crippen LogP contribution in [0.15, 0.2) is 0 Å². The molecule has 0 aliphatic heterocycles. The van der Waals surface area contributed by atoms with Gasteiger partial charge in [0.15, 0.2) is 0 Å². The third-order valence-electron chi connectivity index (χ3n) is 3.53. The summed E-state index contributed by atoms with van der Waals surface area (Å²) < 4.78 is 1.90. The molecule has 1 aromatic rings. The third kappa shape index (κ3) is 2.38. The van der Waals surface area contributed by atoms with Gasteiger partial charge < -0.3 is 0 Å². The quantitative estimate of drug-likeness (QED) is 0.742. The zero-order valence-electron chi connectivity index (χ0n) is 9.84. The van der Waals surface area contributed by atoms with Gasteiger partial charge in [0.2, 0.25) is 0 Å². The molecule has 2 rings (SSSR count). The molecule has 0 bridgehead atoms. The summed E-state index contributed by atoms with van der Waals surface area (Å²) in [6.07, 6.45) is 5.88. The molecule has 0 radical (unpaired) electrons. The number of nitrogens with zero attached hydrogens (tertiary/aromatic N) is 2. The largest absolute Gasteiger partial charge is 0.271 e. The second kappa shape index (κ2) is 4.97. The maximum atomic E-state index is 6.37. The minimum Gasteiger partial charge on any atom is -0.271 e. The summed E-state index contributed by atoms with van der Waals surface area (Å²) in [5.74, 6) is 0.558. The maximum absolute atomic E-state index is 6.37. The summed E-state index contributed by atoms with van der Waals surface area (Å²) in [5, 5.41) is 5.46. The molecule has 1 aliphatic carbocycles. The molecule has 2 atom stereocenters. The van der Waals surface area contributed by atoms with Crippen molar-refractivity contribution in [1.29, 1.82) is 0 Å². The van der Waals surface area contributed by atoms with E-state index in [2.05, 4.69) is 5.10 Å². The minimum atomic E-state index is 0.306. The molecule has 1 aliphatic rings. The first-order valence-corrected chi connectivity index (χ1v) is 6.73. The van der Waals surface area contributed by atoms with E-state index in [-0.39, 0.29) is 0 Å². The van der Waals surface area contributed by atoms with Gasteiger partial charge >= 0.3 is 0 Å². The van der Waals surface area contributed by atoms with Crippen molar-refractivity contribution in [3.05, 3.63) is 16.4 Å². The van der Waals surface area contributed by atoms with Gasteiger partial charge in [0.25, 0.3) is 0 Å². The zero-order valence-corrected chi connectivity index (χ0v) is 11.4.